The van der Waals surface area contributed by atoms with Gasteiger partial charge in [0.2, 0.25) is 11.9 Å². The first-order valence-electron chi connectivity index (χ1n) is 6.37. The van der Waals surface area contributed by atoms with Crippen LogP contribution in [-0.2, 0) is 4.79 Å². The van der Waals surface area contributed by atoms with Gasteiger partial charge in [0.15, 0.2) is 0 Å². The second-order valence-electron chi connectivity index (χ2n) is 4.71. The zero-order chi connectivity index (χ0) is 13.9. The molecule has 1 fully saturated rings. The number of pyridine rings is 1. The normalized spacial score (nSPS) is 18.6. The fourth-order valence-corrected chi connectivity index (χ4v) is 2.67. The molecule has 0 bridgehead atoms. The monoisotopic (exact) mass is 332 g/mol. The summed E-state index contributed by atoms with van der Waals surface area (Å²) >= 11 is 3.43. The fourth-order valence-electron chi connectivity index (χ4n) is 2.23. The first kappa shape index (κ1) is 13.2. The predicted molar refractivity (Wildman–Crippen MR) is 79.5 cm³/mol. The van der Waals surface area contributed by atoms with Crippen molar-refractivity contribution in [3.63, 3.8) is 0 Å². The molecule has 0 aliphatic carbocycles. The summed E-state index contributed by atoms with van der Waals surface area (Å²) in [5, 5.41) is 0.817. The maximum absolute atomic E-state index is 12.0. The molecule has 0 saturated carbocycles. The molecule has 3 heterocycles. The molecule has 1 saturated heterocycles. The van der Waals surface area contributed by atoms with Crippen LogP contribution in [0, 0.1) is 5.92 Å². The summed E-state index contributed by atoms with van der Waals surface area (Å²) in [5.41, 5.74) is 1.69. The molecule has 1 aliphatic heterocycles. The van der Waals surface area contributed by atoms with Crippen LogP contribution in [-0.4, -0.2) is 32.7 Å². The summed E-state index contributed by atoms with van der Waals surface area (Å²) in [6.45, 7) is 0.667. The number of carbonyl (C=O) groups is 1. The van der Waals surface area contributed by atoms with Gasteiger partial charge < -0.3 is 0 Å². The third-order valence-corrected chi connectivity index (χ3v) is 4.18. The number of halogens is 1. The number of hydrogen-bond acceptors (Lipinski definition) is 4. The van der Waals surface area contributed by atoms with E-state index in [1.807, 2.05) is 18.2 Å². The topological polar surface area (TPSA) is 59.0 Å². The van der Waals surface area contributed by atoms with Crippen molar-refractivity contribution in [2.24, 2.45) is 5.92 Å². The van der Waals surface area contributed by atoms with Crippen molar-refractivity contribution in [2.45, 2.75) is 6.42 Å². The molecule has 0 spiro atoms. The van der Waals surface area contributed by atoms with E-state index in [2.05, 4.69) is 30.9 Å². The van der Waals surface area contributed by atoms with Crippen molar-refractivity contribution in [3.05, 3.63) is 36.8 Å². The van der Waals surface area contributed by atoms with E-state index in [4.69, 9.17) is 0 Å². The van der Waals surface area contributed by atoms with Gasteiger partial charge in [-0.25, -0.2) is 9.97 Å². The third kappa shape index (κ3) is 2.56. The smallest absolute Gasteiger partial charge is 0.232 e. The minimum atomic E-state index is 0.0813. The van der Waals surface area contributed by atoms with Crippen LogP contribution in [0.15, 0.2) is 36.8 Å². The fraction of sp³-hybridized carbons (Fsp3) is 0.286. The van der Waals surface area contributed by atoms with Gasteiger partial charge in [-0.05, 0) is 24.1 Å². The Hall–Kier alpha value is -1.82. The molecule has 0 aromatic carbocycles. The molecule has 1 unspecified atom stereocenters. The van der Waals surface area contributed by atoms with E-state index in [0.29, 0.717) is 24.8 Å². The Kier molecular flexibility index (Phi) is 3.73. The maximum Gasteiger partial charge on any atom is 0.232 e. The Labute approximate surface area is 125 Å². The van der Waals surface area contributed by atoms with Crippen LogP contribution in [0.4, 0.5) is 5.95 Å². The highest BCUT2D eigenvalue weighted by molar-refractivity contribution is 9.09. The summed E-state index contributed by atoms with van der Waals surface area (Å²) in [5.74, 6) is 0.880. The minimum Gasteiger partial charge on any atom is -0.280 e. The summed E-state index contributed by atoms with van der Waals surface area (Å²) in [7, 11) is 0. The Morgan fingerprint density at radius 2 is 2.25 bits per heavy atom. The number of alkyl halides is 1. The van der Waals surface area contributed by atoms with E-state index in [0.717, 1.165) is 16.6 Å². The highest BCUT2D eigenvalue weighted by Crippen LogP contribution is 2.25. The van der Waals surface area contributed by atoms with Gasteiger partial charge in [0, 0.05) is 42.4 Å². The van der Waals surface area contributed by atoms with E-state index < -0.39 is 0 Å². The Morgan fingerprint density at radius 3 is 2.95 bits per heavy atom. The lowest BCUT2D eigenvalue weighted by Crippen LogP contribution is -2.26. The first-order chi connectivity index (χ1) is 9.78. The molecule has 1 aliphatic rings. The summed E-state index contributed by atoms with van der Waals surface area (Å²) in [6.07, 6.45) is 5.69. The Morgan fingerprint density at radius 1 is 1.35 bits per heavy atom. The van der Waals surface area contributed by atoms with Crippen LogP contribution in [0.5, 0.6) is 0 Å². The lowest BCUT2D eigenvalue weighted by molar-refractivity contribution is -0.117. The van der Waals surface area contributed by atoms with Gasteiger partial charge in [0.1, 0.15) is 0 Å². The molecule has 5 nitrogen and oxygen atoms in total. The third-order valence-electron chi connectivity index (χ3n) is 3.26. The molecule has 1 atom stereocenters. The van der Waals surface area contributed by atoms with Crippen LogP contribution in [0.3, 0.4) is 0 Å². The molecular formula is C14H13BrN4O. The van der Waals surface area contributed by atoms with E-state index in [1.54, 1.807) is 23.5 Å². The van der Waals surface area contributed by atoms with Crippen molar-refractivity contribution < 1.29 is 4.79 Å². The number of hydrogen-bond donors (Lipinski definition) is 0. The van der Waals surface area contributed by atoms with Gasteiger partial charge in [0.25, 0.3) is 0 Å². The van der Waals surface area contributed by atoms with E-state index in [1.165, 1.54) is 0 Å². The number of nitrogens with zero attached hydrogens (tertiary/aromatic N) is 4. The average Bonchev–Trinajstić information content (AvgIpc) is 2.89. The molecule has 20 heavy (non-hydrogen) atoms. The predicted octanol–water partition coefficient (Wildman–Crippen LogP) is 2.29. The number of anilines is 1. The zero-order valence-electron chi connectivity index (χ0n) is 10.7. The standard InChI is InChI=1S/C14H13BrN4O/c15-7-10-6-13(20)19(9-10)14-17-5-3-12(18-14)11-2-1-4-16-8-11/h1-5,8,10H,6-7,9H2. The van der Waals surface area contributed by atoms with Gasteiger partial charge in [-0.2, -0.15) is 0 Å². The van der Waals surface area contributed by atoms with Crippen LogP contribution < -0.4 is 4.90 Å². The van der Waals surface area contributed by atoms with Crippen LogP contribution in [0.1, 0.15) is 6.42 Å². The van der Waals surface area contributed by atoms with Crippen LogP contribution >= 0.6 is 15.9 Å². The maximum atomic E-state index is 12.0. The number of aromatic nitrogens is 3. The molecule has 102 valence electrons. The second kappa shape index (κ2) is 5.66. The molecule has 2 aromatic heterocycles. The number of carbonyl (C=O) groups excluding carboxylic acids is 1. The van der Waals surface area contributed by atoms with Crippen molar-refractivity contribution in [2.75, 3.05) is 16.8 Å². The quantitative estimate of drug-likeness (QED) is 0.809. The lowest BCUT2D eigenvalue weighted by atomic mass is 10.2. The van der Waals surface area contributed by atoms with E-state index >= 15 is 0 Å². The summed E-state index contributed by atoms with van der Waals surface area (Å²) in [4.78, 5) is 26.5. The Balaban J connectivity index is 1.91. The van der Waals surface area contributed by atoms with E-state index in [9.17, 15) is 4.79 Å². The molecule has 6 heteroatoms. The molecule has 0 N–H and O–H groups in total. The van der Waals surface area contributed by atoms with E-state index in [-0.39, 0.29) is 5.91 Å². The van der Waals surface area contributed by atoms with Gasteiger partial charge in [-0.3, -0.25) is 14.7 Å². The van der Waals surface area contributed by atoms with Crippen molar-refractivity contribution in [1.29, 1.82) is 0 Å². The van der Waals surface area contributed by atoms with Crippen LogP contribution in [0.25, 0.3) is 11.3 Å². The van der Waals surface area contributed by atoms with Crippen molar-refractivity contribution in [3.8, 4) is 11.3 Å². The minimum absolute atomic E-state index is 0.0813. The summed E-state index contributed by atoms with van der Waals surface area (Å²) in [6, 6.07) is 5.62. The molecule has 0 radical (unpaired) electrons. The highest BCUT2D eigenvalue weighted by Gasteiger charge is 2.31. The SMILES string of the molecule is O=C1CC(CBr)CN1c1nccc(-c2cccnc2)n1. The van der Waals surface area contributed by atoms with Crippen LogP contribution in [0.2, 0.25) is 0 Å². The van der Waals surface area contributed by atoms with Gasteiger partial charge >= 0.3 is 0 Å². The second-order valence-corrected chi connectivity index (χ2v) is 5.36. The highest BCUT2D eigenvalue weighted by atomic mass is 79.9. The summed E-state index contributed by atoms with van der Waals surface area (Å²) < 4.78 is 0. The van der Waals surface area contributed by atoms with Gasteiger partial charge in [-0.15, -0.1) is 0 Å². The van der Waals surface area contributed by atoms with Gasteiger partial charge in [-0.1, -0.05) is 15.9 Å². The Bertz CT molecular complexity index is 620. The number of rotatable bonds is 3. The number of amides is 1. The lowest BCUT2D eigenvalue weighted by Gasteiger charge is -2.14. The molecule has 1 amide bonds. The molecule has 3 rings (SSSR count). The zero-order valence-corrected chi connectivity index (χ0v) is 12.3. The molecular weight excluding hydrogens is 320 g/mol. The van der Waals surface area contributed by atoms with Crippen molar-refractivity contribution in [1.82, 2.24) is 15.0 Å². The van der Waals surface area contributed by atoms with Crippen molar-refractivity contribution >= 4 is 27.8 Å². The first-order valence-corrected chi connectivity index (χ1v) is 7.50. The van der Waals surface area contributed by atoms with Gasteiger partial charge in [0.05, 0.1) is 5.69 Å². The largest absolute Gasteiger partial charge is 0.280 e. The molecule has 2 aromatic rings. The average molecular weight is 333 g/mol.